The molecule has 0 spiro atoms. The van der Waals surface area contributed by atoms with E-state index >= 15 is 0 Å². The van der Waals surface area contributed by atoms with Crippen LogP contribution >= 0.6 is 22.6 Å². The molecule has 0 unspecified atom stereocenters. The van der Waals surface area contributed by atoms with Gasteiger partial charge in [-0.1, -0.05) is 0 Å². The van der Waals surface area contributed by atoms with E-state index in [2.05, 4.69) is 22.6 Å². The molecule has 0 N–H and O–H groups in total. The second-order valence-electron chi connectivity index (χ2n) is 1.61. The topological polar surface area (TPSA) is 17.1 Å². The van der Waals surface area contributed by atoms with Crippen molar-refractivity contribution in [1.29, 1.82) is 0 Å². The van der Waals surface area contributed by atoms with E-state index in [4.69, 9.17) is 0 Å². The highest BCUT2D eigenvalue weighted by Gasteiger charge is 1.87. The Bertz CT molecular complexity index is 203. The van der Waals surface area contributed by atoms with Gasteiger partial charge in [0.15, 0.2) is 0 Å². The normalized spacial score (nSPS) is 9.00. The molecule has 1 rings (SSSR count). The molecule has 2 heteroatoms. The average Bonchev–Trinajstić information content (AvgIpc) is 1.90. The first-order valence-corrected chi connectivity index (χ1v) is 3.54. The Balaban J connectivity index is 3.01. The molecule has 0 atom stereocenters. The number of rotatable bonds is 1. The van der Waals surface area contributed by atoms with Crippen LogP contribution in [0.3, 0.4) is 0 Å². The molecule has 0 aliphatic carbocycles. The Morgan fingerprint density at radius 3 is 2.22 bits per heavy atom. The van der Waals surface area contributed by atoms with E-state index < -0.39 is 0 Å². The van der Waals surface area contributed by atoms with E-state index in [1.165, 1.54) is 0 Å². The molecule has 1 nitrogen and oxygen atoms in total. The van der Waals surface area contributed by atoms with Gasteiger partial charge in [0.25, 0.3) is 0 Å². The molecule has 0 aliphatic heterocycles. The molecular formula is C7H4IO. The highest BCUT2D eigenvalue weighted by Crippen LogP contribution is 2.03. The minimum absolute atomic E-state index is 0.607. The van der Waals surface area contributed by atoms with E-state index in [9.17, 15) is 4.79 Å². The predicted octanol–water partition coefficient (Wildman–Crippen LogP) is 1.75. The van der Waals surface area contributed by atoms with Crippen molar-refractivity contribution in [2.45, 2.75) is 0 Å². The fourth-order valence-corrected chi connectivity index (χ4v) is 0.878. The van der Waals surface area contributed by atoms with E-state index in [0.29, 0.717) is 5.56 Å². The summed E-state index contributed by atoms with van der Waals surface area (Å²) in [5, 5.41) is 0. The van der Waals surface area contributed by atoms with Gasteiger partial charge < -0.3 is 0 Å². The molecule has 1 aromatic carbocycles. The van der Waals surface area contributed by atoms with Crippen LogP contribution in [0.2, 0.25) is 0 Å². The van der Waals surface area contributed by atoms with Gasteiger partial charge in [-0.2, -0.15) is 0 Å². The zero-order valence-electron chi connectivity index (χ0n) is 4.60. The van der Waals surface area contributed by atoms with Crippen molar-refractivity contribution in [3.8, 4) is 0 Å². The Kier molecular flexibility index (Phi) is 2.22. The van der Waals surface area contributed by atoms with Crippen LogP contribution in [0.4, 0.5) is 0 Å². The summed E-state index contributed by atoms with van der Waals surface area (Å²) in [5.41, 5.74) is 0.607. The van der Waals surface area contributed by atoms with Crippen molar-refractivity contribution in [2.24, 2.45) is 0 Å². The molecule has 0 bridgehead atoms. The van der Waals surface area contributed by atoms with Crippen LogP contribution < -0.4 is 0 Å². The lowest BCUT2D eigenvalue weighted by molar-refractivity contribution is 0.563. The summed E-state index contributed by atoms with van der Waals surface area (Å²) in [6.45, 7) is 0. The molecule has 0 aliphatic rings. The quantitative estimate of drug-likeness (QED) is 0.673. The lowest BCUT2D eigenvalue weighted by Crippen LogP contribution is -1.77. The molecule has 45 valence electrons. The van der Waals surface area contributed by atoms with Gasteiger partial charge in [-0.15, -0.1) is 0 Å². The van der Waals surface area contributed by atoms with Gasteiger partial charge in [-0.25, -0.2) is 0 Å². The summed E-state index contributed by atoms with van der Waals surface area (Å²) < 4.78 is 1.13. The zero-order valence-corrected chi connectivity index (χ0v) is 6.75. The first-order chi connectivity index (χ1) is 4.33. The molecule has 1 radical (unpaired) electrons. The lowest BCUT2D eigenvalue weighted by atomic mass is 10.2. The summed E-state index contributed by atoms with van der Waals surface area (Å²) >= 11 is 2.18. The fraction of sp³-hybridized carbons (Fsp3) is 0. The minimum Gasteiger partial charge on any atom is -0.285 e. The van der Waals surface area contributed by atoms with Crippen LogP contribution in [0, 0.1) is 3.57 Å². The predicted molar refractivity (Wildman–Crippen MR) is 44.0 cm³/mol. The lowest BCUT2D eigenvalue weighted by Gasteiger charge is -1.87. The Labute approximate surface area is 67.2 Å². The first-order valence-electron chi connectivity index (χ1n) is 2.46. The monoisotopic (exact) mass is 231 g/mol. The van der Waals surface area contributed by atoms with Gasteiger partial charge in [0.2, 0.25) is 6.29 Å². The molecular weight excluding hydrogens is 227 g/mol. The third-order valence-electron chi connectivity index (χ3n) is 0.962. The number of benzene rings is 1. The van der Waals surface area contributed by atoms with Crippen molar-refractivity contribution >= 4 is 28.9 Å². The molecule has 0 amide bonds. The van der Waals surface area contributed by atoms with Crippen LogP contribution in [-0.4, -0.2) is 6.29 Å². The summed E-state index contributed by atoms with van der Waals surface area (Å²) in [7, 11) is 0. The maximum atomic E-state index is 9.99. The highest BCUT2D eigenvalue weighted by molar-refractivity contribution is 14.1. The Morgan fingerprint density at radius 1 is 1.22 bits per heavy atom. The van der Waals surface area contributed by atoms with Crippen molar-refractivity contribution < 1.29 is 4.79 Å². The third kappa shape index (κ3) is 1.78. The van der Waals surface area contributed by atoms with Crippen LogP contribution in [0.15, 0.2) is 24.3 Å². The summed E-state index contributed by atoms with van der Waals surface area (Å²) in [6, 6.07) is 7.24. The van der Waals surface area contributed by atoms with Crippen molar-refractivity contribution in [1.82, 2.24) is 0 Å². The van der Waals surface area contributed by atoms with E-state index in [-0.39, 0.29) is 0 Å². The van der Waals surface area contributed by atoms with Crippen LogP contribution in [0.1, 0.15) is 5.56 Å². The molecule has 1 aromatic rings. The molecule has 0 saturated heterocycles. The molecule has 9 heavy (non-hydrogen) atoms. The second-order valence-corrected chi connectivity index (χ2v) is 2.85. The van der Waals surface area contributed by atoms with Gasteiger partial charge >= 0.3 is 0 Å². The summed E-state index contributed by atoms with van der Waals surface area (Å²) in [6.07, 6.45) is 1.80. The van der Waals surface area contributed by atoms with Gasteiger partial charge in [-0.05, 0) is 46.9 Å². The fourth-order valence-electron chi connectivity index (χ4n) is 0.518. The first kappa shape index (κ1) is 6.74. The zero-order chi connectivity index (χ0) is 6.69. The van der Waals surface area contributed by atoms with Crippen LogP contribution in [0.25, 0.3) is 0 Å². The molecule has 0 fully saturated rings. The van der Waals surface area contributed by atoms with Gasteiger partial charge in [0, 0.05) is 9.13 Å². The van der Waals surface area contributed by atoms with Crippen molar-refractivity contribution in [3.05, 3.63) is 33.4 Å². The number of halogens is 1. The highest BCUT2D eigenvalue weighted by atomic mass is 127. The summed E-state index contributed by atoms with van der Waals surface area (Å²) in [5.74, 6) is 0. The number of carbonyl (C=O) groups excluding carboxylic acids is 1. The van der Waals surface area contributed by atoms with Crippen molar-refractivity contribution in [3.63, 3.8) is 0 Å². The molecule has 0 aromatic heterocycles. The standard InChI is InChI=1S/C7H4IO/c8-7-3-1-6(5-9)2-4-7/h1-4H. The largest absolute Gasteiger partial charge is 0.285 e. The van der Waals surface area contributed by atoms with Gasteiger partial charge in [-0.3, -0.25) is 4.79 Å². The SMILES string of the molecule is O=[C]c1ccc(I)cc1. The smallest absolute Gasteiger partial charge is 0.233 e. The Hall–Kier alpha value is -0.380. The maximum Gasteiger partial charge on any atom is 0.233 e. The van der Waals surface area contributed by atoms with Gasteiger partial charge in [0.1, 0.15) is 0 Å². The number of hydrogen-bond acceptors (Lipinski definition) is 1. The van der Waals surface area contributed by atoms with Gasteiger partial charge in [0.05, 0.1) is 0 Å². The van der Waals surface area contributed by atoms with Crippen molar-refractivity contribution in [2.75, 3.05) is 0 Å². The van der Waals surface area contributed by atoms with E-state index in [1.54, 1.807) is 18.4 Å². The minimum atomic E-state index is 0.607. The second kappa shape index (κ2) is 2.96. The van der Waals surface area contributed by atoms with E-state index in [0.717, 1.165) is 3.57 Å². The molecule has 0 saturated carbocycles. The Morgan fingerprint density at radius 2 is 1.78 bits per heavy atom. The van der Waals surface area contributed by atoms with Crippen LogP contribution in [-0.2, 0) is 4.79 Å². The third-order valence-corrected chi connectivity index (χ3v) is 1.68. The van der Waals surface area contributed by atoms with E-state index in [1.807, 2.05) is 12.1 Å². The number of hydrogen-bond donors (Lipinski definition) is 0. The maximum absolute atomic E-state index is 9.99. The average molecular weight is 231 g/mol. The molecule has 0 heterocycles. The summed E-state index contributed by atoms with van der Waals surface area (Å²) in [4.78, 5) is 9.99. The van der Waals surface area contributed by atoms with Crippen LogP contribution in [0.5, 0.6) is 0 Å².